The molecule has 2 atom stereocenters. The molecule has 0 spiro atoms. The van der Waals surface area contributed by atoms with Gasteiger partial charge in [-0.1, -0.05) is 24.3 Å². The number of hydrogen-bond acceptors (Lipinski definition) is 9. The molecule has 0 saturated carbocycles. The van der Waals surface area contributed by atoms with Gasteiger partial charge in [-0.2, -0.15) is 0 Å². The Hall–Kier alpha value is -3.96. The first kappa shape index (κ1) is 26.3. The number of rotatable bonds is 5. The van der Waals surface area contributed by atoms with Crippen LogP contribution < -0.4 is 5.32 Å². The number of carbonyl (C=O) groups is 2. The third kappa shape index (κ3) is 5.66. The number of aliphatic hydroxyl groups excluding tert-OH is 1. The molecule has 2 fully saturated rings. The minimum absolute atomic E-state index is 0.0344. The van der Waals surface area contributed by atoms with E-state index in [0.717, 1.165) is 38.8 Å². The lowest BCUT2D eigenvalue weighted by molar-refractivity contribution is -0.0139. The molecule has 0 unspecified atom stereocenters. The summed E-state index contributed by atoms with van der Waals surface area (Å²) in [5, 5.41) is 14.4. The predicted molar refractivity (Wildman–Crippen MR) is 147 cm³/mol. The number of hydrogen-bond donors (Lipinski definition) is 2. The number of piperidine rings is 2. The predicted octanol–water partition coefficient (Wildman–Crippen LogP) is 1.62. The van der Waals surface area contributed by atoms with Crippen LogP contribution in [-0.2, 0) is 13.0 Å². The molecule has 40 heavy (non-hydrogen) atoms. The number of aromatic nitrogens is 4. The summed E-state index contributed by atoms with van der Waals surface area (Å²) in [6.45, 7) is 3.82. The zero-order chi connectivity index (χ0) is 27.5. The molecule has 3 aliphatic rings. The van der Waals surface area contributed by atoms with E-state index in [1.165, 1.54) is 23.8 Å². The topological polar surface area (TPSA) is 128 Å². The van der Waals surface area contributed by atoms with Gasteiger partial charge in [0.2, 0.25) is 0 Å². The second kappa shape index (κ2) is 11.6. The van der Waals surface area contributed by atoms with Crippen LogP contribution in [0.1, 0.15) is 51.4 Å². The van der Waals surface area contributed by atoms with E-state index in [4.69, 9.17) is 0 Å². The van der Waals surface area contributed by atoms with Crippen molar-refractivity contribution in [3.8, 4) is 0 Å². The van der Waals surface area contributed by atoms with Crippen molar-refractivity contribution in [1.29, 1.82) is 0 Å². The normalized spacial score (nSPS) is 22.0. The fourth-order valence-corrected chi connectivity index (χ4v) is 6.06. The molecule has 3 aromatic rings. The van der Waals surface area contributed by atoms with Gasteiger partial charge in [0.05, 0.1) is 6.10 Å². The van der Waals surface area contributed by atoms with Crippen molar-refractivity contribution in [2.45, 2.75) is 50.4 Å². The summed E-state index contributed by atoms with van der Waals surface area (Å²) in [4.78, 5) is 48.3. The molecule has 0 aliphatic carbocycles. The van der Waals surface area contributed by atoms with Gasteiger partial charge in [-0.05, 0) is 42.9 Å². The molecule has 2 N–H and O–H groups in total. The first-order chi connectivity index (χ1) is 19.5. The number of anilines is 1. The molecule has 11 heteroatoms. The van der Waals surface area contributed by atoms with E-state index in [0.29, 0.717) is 36.8 Å². The summed E-state index contributed by atoms with van der Waals surface area (Å²) in [7, 11) is 0. The highest BCUT2D eigenvalue weighted by atomic mass is 16.3. The van der Waals surface area contributed by atoms with Crippen LogP contribution in [0.3, 0.4) is 0 Å². The van der Waals surface area contributed by atoms with Gasteiger partial charge < -0.3 is 20.2 Å². The third-order valence-corrected chi connectivity index (χ3v) is 8.28. The molecule has 208 valence electrons. The number of benzene rings is 1. The van der Waals surface area contributed by atoms with Crippen LogP contribution in [0.4, 0.5) is 5.82 Å². The fraction of sp³-hybridized carbons (Fsp3) is 0.448. The second-order valence-corrected chi connectivity index (χ2v) is 10.8. The molecule has 0 radical (unpaired) electrons. The number of nitrogens with zero attached hydrogens (tertiary/aromatic N) is 7. The molecule has 11 nitrogen and oxygen atoms in total. The zero-order valence-electron chi connectivity index (χ0n) is 22.4. The lowest BCUT2D eigenvalue weighted by Crippen LogP contribution is -2.56. The molecule has 5 heterocycles. The van der Waals surface area contributed by atoms with Gasteiger partial charge in [0.25, 0.3) is 11.8 Å². The number of likely N-dealkylation sites (tertiary alicyclic amines) is 2. The van der Waals surface area contributed by atoms with E-state index >= 15 is 0 Å². The number of carbonyl (C=O) groups excluding carboxylic acids is 2. The first-order valence-corrected chi connectivity index (χ1v) is 14.0. The molecule has 3 aliphatic heterocycles. The number of aliphatic hydroxyl groups is 1. The molecule has 0 bridgehead atoms. The minimum atomic E-state index is -0.613. The van der Waals surface area contributed by atoms with Crippen molar-refractivity contribution in [1.82, 2.24) is 34.6 Å². The maximum Gasteiger partial charge on any atom is 0.272 e. The van der Waals surface area contributed by atoms with E-state index in [-0.39, 0.29) is 30.4 Å². The Balaban J connectivity index is 1.02. The van der Waals surface area contributed by atoms with E-state index in [2.05, 4.69) is 54.4 Å². The smallest absolute Gasteiger partial charge is 0.272 e. The van der Waals surface area contributed by atoms with E-state index in [1.54, 1.807) is 28.1 Å². The van der Waals surface area contributed by atoms with E-state index in [1.807, 2.05) is 0 Å². The van der Waals surface area contributed by atoms with Gasteiger partial charge in [-0.15, -0.1) is 0 Å². The van der Waals surface area contributed by atoms with Gasteiger partial charge in [-0.25, -0.2) is 19.9 Å². The van der Waals surface area contributed by atoms with Crippen molar-refractivity contribution >= 4 is 17.6 Å². The Kier molecular flexibility index (Phi) is 7.65. The van der Waals surface area contributed by atoms with Crippen molar-refractivity contribution in [2.24, 2.45) is 0 Å². The van der Waals surface area contributed by atoms with Crippen LogP contribution in [0.25, 0.3) is 0 Å². The summed E-state index contributed by atoms with van der Waals surface area (Å²) in [6.07, 6.45) is 6.95. The van der Waals surface area contributed by atoms with Crippen molar-refractivity contribution < 1.29 is 14.7 Å². The van der Waals surface area contributed by atoms with Gasteiger partial charge >= 0.3 is 0 Å². The van der Waals surface area contributed by atoms with Crippen molar-refractivity contribution in [3.05, 3.63) is 77.8 Å². The Bertz CT molecular complexity index is 1350. The number of fused-ring (bicyclic) bond motifs is 1. The number of β-amino-alcohol motifs (C(OH)–C–C–N with tert-alkyl or cyclic N) is 1. The fourth-order valence-electron chi connectivity index (χ4n) is 6.06. The van der Waals surface area contributed by atoms with Gasteiger partial charge in [0, 0.05) is 63.6 Å². The van der Waals surface area contributed by atoms with Crippen LogP contribution in [0.5, 0.6) is 0 Å². The van der Waals surface area contributed by atoms with Gasteiger partial charge in [0.15, 0.2) is 0 Å². The quantitative estimate of drug-likeness (QED) is 0.494. The Morgan fingerprint density at radius 1 is 0.850 bits per heavy atom. The van der Waals surface area contributed by atoms with E-state index in [9.17, 15) is 14.7 Å². The molecular formula is C29H34N8O3. The Morgan fingerprint density at radius 3 is 2.38 bits per heavy atom. The summed E-state index contributed by atoms with van der Waals surface area (Å²) in [5.41, 5.74) is 3.42. The summed E-state index contributed by atoms with van der Waals surface area (Å²) < 4.78 is 0. The average molecular weight is 543 g/mol. The van der Waals surface area contributed by atoms with E-state index < -0.39 is 6.10 Å². The van der Waals surface area contributed by atoms with Crippen molar-refractivity contribution in [2.75, 3.05) is 38.0 Å². The highest BCUT2D eigenvalue weighted by Gasteiger charge is 2.36. The molecule has 2 saturated heterocycles. The van der Waals surface area contributed by atoms with Crippen LogP contribution in [0.2, 0.25) is 0 Å². The second-order valence-electron chi connectivity index (χ2n) is 10.8. The van der Waals surface area contributed by atoms with Gasteiger partial charge in [-0.3, -0.25) is 14.5 Å². The van der Waals surface area contributed by atoms with Crippen molar-refractivity contribution in [3.63, 3.8) is 0 Å². The highest BCUT2D eigenvalue weighted by Crippen LogP contribution is 2.26. The SMILES string of the molecule is O=C(c1ccncn1)N1CCC(Nc2cc(C(=O)N3CC[C@@H](N4CCc5ccccc5C4)[C@H](O)C3)ncn2)CC1. The zero-order valence-corrected chi connectivity index (χ0v) is 22.4. The maximum absolute atomic E-state index is 13.3. The molecular weight excluding hydrogens is 508 g/mol. The summed E-state index contributed by atoms with van der Waals surface area (Å²) >= 11 is 0. The monoisotopic (exact) mass is 542 g/mol. The largest absolute Gasteiger partial charge is 0.390 e. The lowest BCUT2D eigenvalue weighted by atomic mass is 9.94. The number of amides is 2. The van der Waals surface area contributed by atoms with Crippen LogP contribution in [-0.4, -0.2) is 102 Å². The Labute approximate surface area is 233 Å². The summed E-state index contributed by atoms with van der Waals surface area (Å²) in [6, 6.07) is 12.0. The summed E-state index contributed by atoms with van der Waals surface area (Å²) in [5.74, 6) is 0.297. The number of nitrogens with one attached hydrogen (secondary N) is 1. The molecule has 2 aromatic heterocycles. The van der Waals surface area contributed by atoms with Crippen LogP contribution in [0, 0.1) is 0 Å². The molecule has 1 aromatic carbocycles. The van der Waals surface area contributed by atoms with Crippen LogP contribution >= 0.6 is 0 Å². The highest BCUT2D eigenvalue weighted by molar-refractivity contribution is 5.93. The molecule has 6 rings (SSSR count). The lowest BCUT2D eigenvalue weighted by Gasteiger charge is -2.43. The standard InChI is InChI=1S/C29H34N8O3/c38-26-17-37(14-9-25(26)36-11-6-20-3-1-2-4-21(20)16-36)29(40)24-15-27(33-19-32-24)34-22-7-12-35(13-8-22)28(39)23-5-10-30-18-31-23/h1-5,10,15,18-19,22,25-26,38H,6-9,11-14,16-17H2,(H,32,33,34)/t25-,26-/m1/s1. The maximum atomic E-state index is 13.3. The van der Waals surface area contributed by atoms with Gasteiger partial charge in [0.1, 0.15) is 29.9 Å². The first-order valence-electron chi connectivity index (χ1n) is 14.0. The molecule has 2 amide bonds. The van der Waals surface area contributed by atoms with Crippen LogP contribution in [0.15, 0.2) is 55.2 Å². The minimum Gasteiger partial charge on any atom is -0.390 e. The Morgan fingerprint density at radius 2 is 1.60 bits per heavy atom. The average Bonchev–Trinajstić information content (AvgIpc) is 3.01. The third-order valence-electron chi connectivity index (χ3n) is 8.28.